The first-order valence-corrected chi connectivity index (χ1v) is 6.49. The van der Waals surface area contributed by atoms with E-state index in [-0.39, 0.29) is 5.69 Å². The summed E-state index contributed by atoms with van der Waals surface area (Å²) in [7, 11) is 0. The van der Waals surface area contributed by atoms with Crippen molar-refractivity contribution in [2.45, 2.75) is 18.0 Å². The molecule has 1 N–H and O–H groups in total. The Morgan fingerprint density at radius 3 is 2.47 bits per heavy atom. The molecule has 0 aliphatic rings. The van der Waals surface area contributed by atoms with Crippen molar-refractivity contribution in [3.63, 3.8) is 0 Å². The van der Waals surface area contributed by atoms with Crippen LogP contribution in [0.25, 0.3) is 0 Å². The molecule has 0 fully saturated rings. The van der Waals surface area contributed by atoms with Crippen LogP contribution in [0, 0.1) is 6.92 Å². The number of aryl methyl sites for hydroxylation is 1. The lowest BCUT2D eigenvalue weighted by atomic mass is 10.2. The van der Waals surface area contributed by atoms with Crippen molar-refractivity contribution in [2.24, 2.45) is 0 Å². The molecule has 1 rings (SSSR count). The van der Waals surface area contributed by atoms with Gasteiger partial charge in [0.2, 0.25) is 0 Å². The van der Waals surface area contributed by atoms with Gasteiger partial charge in [-0.15, -0.1) is 11.8 Å². The molecule has 17 heavy (non-hydrogen) atoms. The molecule has 2 nitrogen and oxygen atoms in total. The number of thioether (sulfide) groups is 1. The van der Waals surface area contributed by atoms with Crippen LogP contribution in [0.3, 0.4) is 0 Å². The summed E-state index contributed by atoms with van der Waals surface area (Å²) >= 11 is 4.40. The predicted octanol–water partition coefficient (Wildman–Crippen LogP) is 3.98. The van der Waals surface area contributed by atoms with Gasteiger partial charge in [-0.3, -0.25) is 4.79 Å². The summed E-state index contributed by atoms with van der Waals surface area (Å²) < 4.78 is 36.9. The lowest BCUT2D eigenvalue weighted by molar-refractivity contribution is -0.167. The molecule has 1 amide bonds. The standard InChI is InChI=1S/C10H9BrF3NOS/c1-5-3-6(11)8(7(4-5)17-2)15-9(16)10(12,13)14/h3-4H,1-2H3,(H,15,16). The summed E-state index contributed by atoms with van der Waals surface area (Å²) in [5.74, 6) is -1.97. The van der Waals surface area contributed by atoms with Crippen LogP contribution in [-0.4, -0.2) is 18.3 Å². The van der Waals surface area contributed by atoms with Gasteiger partial charge in [0, 0.05) is 9.37 Å². The molecule has 1 aromatic carbocycles. The average Bonchev–Trinajstić information content (AvgIpc) is 2.19. The monoisotopic (exact) mass is 327 g/mol. The molecule has 0 heterocycles. The second-order valence-electron chi connectivity index (χ2n) is 3.28. The van der Waals surface area contributed by atoms with Gasteiger partial charge in [0.15, 0.2) is 0 Å². The van der Waals surface area contributed by atoms with Crippen LogP contribution in [0.5, 0.6) is 0 Å². The molecular formula is C10H9BrF3NOS. The number of rotatable bonds is 2. The third kappa shape index (κ3) is 3.64. The van der Waals surface area contributed by atoms with E-state index in [4.69, 9.17) is 0 Å². The summed E-state index contributed by atoms with van der Waals surface area (Å²) in [6.07, 6.45) is -3.16. The van der Waals surface area contributed by atoms with Crippen molar-refractivity contribution in [3.05, 3.63) is 22.2 Å². The lowest BCUT2D eigenvalue weighted by Crippen LogP contribution is -2.30. The van der Waals surface area contributed by atoms with E-state index in [0.717, 1.165) is 5.56 Å². The summed E-state index contributed by atoms with van der Waals surface area (Å²) in [6, 6.07) is 3.35. The maximum Gasteiger partial charge on any atom is 0.471 e. The first-order valence-electron chi connectivity index (χ1n) is 4.48. The Morgan fingerprint density at radius 2 is 2.00 bits per heavy atom. The number of nitrogens with one attached hydrogen (secondary N) is 1. The highest BCUT2D eigenvalue weighted by atomic mass is 79.9. The van der Waals surface area contributed by atoms with Crippen molar-refractivity contribution < 1.29 is 18.0 Å². The predicted molar refractivity (Wildman–Crippen MR) is 65.3 cm³/mol. The number of carbonyl (C=O) groups is 1. The fraction of sp³-hybridized carbons (Fsp3) is 0.300. The molecule has 0 saturated carbocycles. The van der Waals surface area contributed by atoms with E-state index in [9.17, 15) is 18.0 Å². The van der Waals surface area contributed by atoms with E-state index in [0.29, 0.717) is 9.37 Å². The maximum absolute atomic E-state index is 12.1. The van der Waals surface area contributed by atoms with Crippen LogP contribution in [0.1, 0.15) is 5.56 Å². The highest BCUT2D eigenvalue weighted by Crippen LogP contribution is 2.35. The smallest absolute Gasteiger partial charge is 0.316 e. The second-order valence-corrected chi connectivity index (χ2v) is 4.98. The molecule has 0 atom stereocenters. The van der Waals surface area contributed by atoms with E-state index >= 15 is 0 Å². The van der Waals surface area contributed by atoms with E-state index in [1.807, 2.05) is 12.2 Å². The van der Waals surface area contributed by atoms with E-state index < -0.39 is 12.1 Å². The van der Waals surface area contributed by atoms with Gasteiger partial charge < -0.3 is 5.32 Å². The van der Waals surface area contributed by atoms with Crippen molar-refractivity contribution >= 4 is 39.3 Å². The maximum atomic E-state index is 12.1. The second kappa shape index (κ2) is 5.30. The zero-order chi connectivity index (χ0) is 13.2. The number of hydrogen-bond acceptors (Lipinski definition) is 2. The van der Waals surface area contributed by atoms with E-state index in [2.05, 4.69) is 15.9 Å². The van der Waals surface area contributed by atoms with Gasteiger partial charge in [0.05, 0.1) is 5.69 Å². The van der Waals surface area contributed by atoms with E-state index in [1.165, 1.54) is 11.8 Å². The highest BCUT2D eigenvalue weighted by molar-refractivity contribution is 9.10. The Morgan fingerprint density at radius 1 is 1.41 bits per heavy atom. The summed E-state index contributed by atoms with van der Waals surface area (Å²) in [5.41, 5.74) is 1.04. The molecule has 0 radical (unpaired) electrons. The average molecular weight is 328 g/mol. The third-order valence-corrected chi connectivity index (χ3v) is 3.30. The van der Waals surface area contributed by atoms with Gasteiger partial charge in [-0.25, -0.2) is 0 Å². The normalized spacial score (nSPS) is 11.4. The number of hydrogen-bond donors (Lipinski definition) is 1. The van der Waals surface area contributed by atoms with Crippen LogP contribution in [0.2, 0.25) is 0 Å². The first kappa shape index (κ1) is 14.4. The summed E-state index contributed by atoms with van der Waals surface area (Å²) in [6.45, 7) is 1.82. The number of amides is 1. The SMILES string of the molecule is CSc1cc(C)cc(Br)c1NC(=O)C(F)(F)F. The Bertz CT molecular complexity index is 448. The van der Waals surface area contributed by atoms with Gasteiger partial charge in [0.1, 0.15) is 0 Å². The Balaban J connectivity index is 3.10. The molecule has 7 heteroatoms. The zero-order valence-corrected chi connectivity index (χ0v) is 11.4. The molecule has 0 aliphatic carbocycles. The van der Waals surface area contributed by atoms with Crippen molar-refractivity contribution in [1.82, 2.24) is 0 Å². The van der Waals surface area contributed by atoms with Gasteiger partial charge in [-0.05, 0) is 46.8 Å². The Kier molecular flexibility index (Phi) is 4.48. The van der Waals surface area contributed by atoms with Gasteiger partial charge in [0.25, 0.3) is 0 Å². The zero-order valence-electron chi connectivity index (χ0n) is 8.98. The van der Waals surface area contributed by atoms with Crippen molar-refractivity contribution in [3.8, 4) is 0 Å². The summed E-state index contributed by atoms with van der Waals surface area (Å²) in [4.78, 5) is 11.5. The molecule has 0 saturated heterocycles. The molecule has 1 aromatic rings. The van der Waals surface area contributed by atoms with Crippen molar-refractivity contribution in [1.29, 1.82) is 0 Å². The van der Waals surface area contributed by atoms with Crippen LogP contribution >= 0.6 is 27.7 Å². The number of benzene rings is 1. The van der Waals surface area contributed by atoms with Gasteiger partial charge >= 0.3 is 12.1 Å². The molecule has 0 aliphatic heterocycles. The Hall–Kier alpha value is -0.690. The van der Waals surface area contributed by atoms with Crippen LogP contribution in [0.15, 0.2) is 21.5 Å². The fourth-order valence-corrected chi connectivity index (χ4v) is 2.65. The van der Waals surface area contributed by atoms with Crippen LogP contribution in [0.4, 0.5) is 18.9 Å². The van der Waals surface area contributed by atoms with Crippen LogP contribution in [-0.2, 0) is 4.79 Å². The first-order chi connectivity index (χ1) is 7.75. The topological polar surface area (TPSA) is 29.1 Å². The molecule has 94 valence electrons. The third-order valence-electron chi connectivity index (χ3n) is 1.91. The number of alkyl halides is 3. The highest BCUT2D eigenvalue weighted by Gasteiger charge is 2.39. The van der Waals surface area contributed by atoms with Crippen LogP contribution < -0.4 is 5.32 Å². The quantitative estimate of drug-likeness (QED) is 0.832. The largest absolute Gasteiger partial charge is 0.471 e. The van der Waals surface area contributed by atoms with Crippen molar-refractivity contribution in [2.75, 3.05) is 11.6 Å². The minimum atomic E-state index is -4.89. The molecule has 0 unspecified atom stereocenters. The minimum Gasteiger partial charge on any atom is -0.316 e. The number of carbonyl (C=O) groups excluding carboxylic acids is 1. The number of halogens is 4. The molecular weight excluding hydrogens is 319 g/mol. The lowest BCUT2D eigenvalue weighted by Gasteiger charge is -2.13. The van der Waals surface area contributed by atoms with Gasteiger partial charge in [-0.2, -0.15) is 13.2 Å². The summed E-state index contributed by atoms with van der Waals surface area (Å²) in [5, 5.41) is 1.87. The number of anilines is 1. The van der Waals surface area contributed by atoms with E-state index in [1.54, 1.807) is 18.4 Å². The molecule has 0 bridgehead atoms. The molecule has 0 spiro atoms. The molecule has 0 aromatic heterocycles. The Labute approximate surface area is 109 Å². The fourth-order valence-electron chi connectivity index (χ4n) is 1.18. The minimum absolute atomic E-state index is 0.144. The van der Waals surface area contributed by atoms with Gasteiger partial charge in [-0.1, -0.05) is 0 Å².